The molecule has 0 saturated carbocycles. The Bertz CT molecular complexity index is 490. The van der Waals surface area contributed by atoms with Crippen LogP contribution < -0.4 is 5.73 Å². The summed E-state index contributed by atoms with van der Waals surface area (Å²) in [5, 5.41) is -0.631. The van der Waals surface area contributed by atoms with E-state index in [9.17, 15) is 14.4 Å². The summed E-state index contributed by atoms with van der Waals surface area (Å²) in [5.74, 6) is -0.249. The topological polar surface area (TPSA) is 92.9 Å². The number of hydrogen-bond donors (Lipinski definition) is 1. The van der Waals surface area contributed by atoms with Crippen molar-refractivity contribution in [3.05, 3.63) is 0 Å². The number of ether oxygens (including phenoxy) is 1. The quantitative estimate of drug-likeness (QED) is 0.587. The molecule has 8 heteroatoms. The van der Waals surface area contributed by atoms with E-state index in [0.717, 1.165) is 6.42 Å². The van der Waals surface area contributed by atoms with Crippen molar-refractivity contribution in [3.8, 4) is 0 Å². The van der Waals surface area contributed by atoms with Gasteiger partial charge in [0, 0.05) is 6.04 Å². The number of carbonyl (C=O) groups excluding carboxylic acids is 3. The maximum Gasteiger partial charge on any atom is 0.411 e. The number of amides is 3. The minimum absolute atomic E-state index is 0.0653. The standard InChI is InChI=1S/C13H21N3O4S/c1-8-5-6-13(7-15(9(13)17)21-10(14)18)16(8)11(19)20-12(2,3)4/h8H,5-7H2,1-4H3,(H2,14,18). The Morgan fingerprint density at radius 1 is 1.43 bits per heavy atom. The van der Waals surface area contributed by atoms with Gasteiger partial charge in [-0.25, -0.2) is 4.79 Å². The summed E-state index contributed by atoms with van der Waals surface area (Å²) in [6, 6.07) is -0.0653. The largest absolute Gasteiger partial charge is 0.444 e. The third-order valence-electron chi connectivity index (χ3n) is 3.70. The molecule has 3 amide bonds. The van der Waals surface area contributed by atoms with Gasteiger partial charge < -0.3 is 10.5 Å². The van der Waals surface area contributed by atoms with Gasteiger partial charge in [0.25, 0.3) is 11.1 Å². The van der Waals surface area contributed by atoms with E-state index in [1.165, 1.54) is 9.21 Å². The first-order valence-electron chi connectivity index (χ1n) is 6.88. The van der Waals surface area contributed by atoms with Crippen LogP contribution in [-0.4, -0.2) is 50.2 Å². The third kappa shape index (κ3) is 2.81. The minimum Gasteiger partial charge on any atom is -0.444 e. The number of carbonyl (C=O) groups is 3. The molecule has 0 aliphatic carbocycles. The van der Waals surface area contributed by atoms with Gasteiger partial charge in [-0.2, -0.15) is 0 Å². The molecular weight excluding hydrogens is 294 g/mol. The van der Waals surface area contributed by atoms with Gasteiger partial charge in [-0.05, 0) is 40.5 Å². The summed E-state index contributed by atoms with van der Waals surface area (Å²) >= 11 is 0.682. The molecule has 1 spiro atoms. The summed E-state index contributed by atoms with van der Waals surface area (Å²) in [7, 11) is 0. The lowest BCUT2D eigenvalue weighted by molar-refractivity contribution is -0.151. The monoisotopic (exact) mass is 315 g/mol. The molecule has 2 atom stereocenters. The lowest BCUT2D eigenvalue weighted by atomic mass is 9.88. The highest BCUT2D eigenvalue weighted by Crippen LogP contribution is 2.45. The molecule has 2 aliphatic heterocycles. The summed E-state index contributed by atoms with van der Waals surface area (Å²) in [5.41, 5.74) is 3.60. The van der Waals surface area contributed by atoms with Crippen molar-refractivity contribution in [2.75, 3.05) is 6.54 Å². The third-order valence-corrected chi connectivity index (χ3v) is 4.39. The molecule has 0 aromatic heterocycles. The van der Waals surface area contributed by atoms with E-state index < -0.39 is 22.5 Å². The maximum atomic E-state index is 12.4. The Balaban J connectivity index is 2.15. The first-order valence-corrected chi connectivity index (χ1v) is 7.66. The van der Waals surface area contributed by atoms with Gasteiger partial charge in [-0.15, -0.1) is 0 Å². The van der Waals surface area contributed by atoms with Crippen molar-refractivity contribution >= 4 is 29.2 Å². The normalized spacial score (nSPS) is 28.8. The molecule has 0 aromatic rings. The molecule has 2 heterocycles. The van der Waals surface area contributed by atoms with Crippen molar-refractivity contribution in [2.45, 2.75) is 57.7 Å². The van der Waals surface area contributed by atoms with Gasteiger partial charge in [0.15, 0.2) is 0 Å². The van der Waals surface area contributed by atoms with E-state index in [4.69, 9.17) is 10.5 Å². The van der Waals surface area contributed by atoms with Gasteiger partial charge in [-0.3, -0.25) is 18.8 Å². The minimum atomic E-state index is -0.871. The highest BCUT2D eigenvalue weighted by Gasteiger charge is 2.63. The zero-order valence-electron chi connectivity index (χ0n) is 12.7. The number of rotatable bonds is 1. The lowest BCUT2D eigenvalue weighted by Gasteiger charge is -2.50. The van der Waals surface area contributed by atoms with Gasteiger partial charge in [0.05, 0.1) is 18.5 Å². The van der Waals surface area contributed by atoms with E-state index in [1.54, 1.807) is 20.8 Å². The van der Waals surface area contributed by atoms with Crippen LogP contribution >= 0.6 is 11.9 Å². The van der Waals surface area contributed by atoms with Crippen molar-refractivity contribution in [3.63, 3.8) is 0 Å². The first-order chi connectivity index (χ1) is 9.57. The Kier molecular flexibility index (Phi) is 3.86. The van der Waals surface area contributed by atoms with Crippen LogP contribution in [0.15, 0.2) is 0 Å². The van der Waals surface area contributed by atoms with Gasteiger partial charge >= 0.3 is 6.09 Å². The smallest absolute Gasteiger partial charge is 0.411 e. The average molecular weight is 315 g/mol. The highest BCUT2D eigenvalue weighted by molar-refractivity contribution is 8.12. The van der Waals surface area contributed by atoms with E-state index in [-0.39, 0.29) is 11.9 Å². The number of β-lactam (4-membered cyclic amide) rings is 1. The number of nitrogens with two attached hydrogens (primary N) is 1. The lowest BCUT2D eigenvalue weighted by Crippen LogP contribution is -2.72. The summed E-state index contributed by atoms with van der Waals surface area (Å²) < 4.78 is 6.71. The predicted molar refractivity (Wildman–Crippen MR) is 78.4 cm³/mol. The molecule has 2 N–H and O–H groups in total. The van der Waals surface area contributed by atoms with E-state index in [2.05, 4.69) is 0 Å². The van der Waals surface area contributed by atoms with Crippen molar-refractivity contribution in [1.29, 1.82) is 0 Å². The molecule has 118 valence electrons. The Labute approximate surface area is 128 Å². The van der Waals surface area contributed by atoms with Crippen LogP contribution in [0.5, 0.6) is 0 Å². The van der Waals surface area contributed by atoms with Crippen LogP contribution in [0.3, 0.4) is 0 Å². The predicted octanol–water partition coefficient (Wildman–Crippen LogP) is 1.71. The van der Waals surface area contributed by atoms with E-state index in [0.29, 0.717) is 24.9 Å². The number of nitrogens with zero attached hydrogens (tertiary/aromatic N) is 2. The van der Waals surface area contributed by atoms with Gasteiger partial charge in [0.2, 0.25) is 0 Å². The molecule has 0 bridgehead atoms. The maximum absolute atomic E-state index is 12.4. The second-order valence-electron chi connectivity index (χ2n) is 6.52. The molecule has 0 radical (unpaired) electrons. The molecule has 0 aromatic carbocycles. The second-order valence-corrected chi connectivity index (χ2v) is 7.55. The number of primary amides is 1. The summed E-state index contributed by atoms with van der Waals surface area (Å²) in [6.45, 7) is 7.57. The number of hydrogen-bond acceptors (Lipinski definition) is 5. The van der Waals surface area contributed by atoms with Crippen molar-refractivity contribution in [1.82, 2.24) is 9.21 Å². The molecular formula is C13H21N3O4S. The van der Waals surface area contributed by atoms with Crippen LogP contribution in [0, 0.1) is 0 Å². The van der Waals surface area contributed by atoms with Gasteiger partial charge in [-0.1, -0.05) is 0 Å². The Morgan fingerprint density at radius 3 is 2.52 bits per heavy atom. The van der Waals surface area contributed by atoms with Crippen LogP contribution in [0.4, 0.5) is 9.59 Å². The molecule has 2 rings (SSSR count). The Hall–Kier alpha value is -1.44. The Morgan fingerprint density at radius 2 is 2.05 bits per heavy atom. The summed E-state index contributed by atoms with van der Waals surface area (Å²) in [6.07, 6.45) is 0.840. The van der Waals surface area contributed by atoms with Crippen LogP contribution in [0.1, 0.15) is 40.5 Å². The number of likely N-dealkylation sites (tertiary alicyclic amines) is 1. The first kappa shape index (κ1) is 15.9. The van der Waals surface area contributed by atoms with Crippen LogP contribution in [0.2, 0.25) is 0 Å². The van der Waals surface area contributed by atoms with Gasteiger partial charge in [0.1, 0.15) is 11.1 Å². The second kappa shape index (κ2) is 5.08. The fourth-order valence-electron chi connectivity index (χ4n) is 2.85. The SMILES string of the molecule is CC1CCC2(CN(SC(N)=O)C2=O)N1C(=O)OC(C)(C)C. The fraction of sp³-hybridized carbons (Fsp3) is 0.769. The summed E-state index contributed by atoms with van der Waals surface area (Å²) in [4.78, 5) is 37.2. The van der Waals surface area contributed by atoms with Crippen molar-refractivity contribution in [2.24, 2.45) is 5.73 Å². The van der Waals surface area contributed by atoms with E-state index in [1.807, 2.05) is 6.92 Å². The molecule has 2 saturated heterocycles. The molecule has 7 nitrogen and oxygen atoms in total. The van der Waals surface area contributed by atoms with Crippen LogP contribution in [0.25, 0.3) is 0 Å². The van der Waals surface area contributed by atoms with Crippen LogP contribution in [-0.2, 0) is 9.53 Å². The zero-order valence-corrected chi connectivity index (χ0v) is 13.5. The zero-order chi connectivity index (χ0) is 16.0. The molecule has 2 unspecified atom stereocenters. The fourth-order valence-corrected chi connectivity index (χ4v) is 3.60. The average Bonchev–Trinajstić information content (AvgIpc) is 2.65. The molecule has 21 heavy (non-hydrogen) atoms. The molecule has 2 aliphatic rings. The highest BCUT2D eigenvalue weighted by atomic mass is 32.2. The molecule has 2 fully saturated rings. The van der Waals surface area contributed by atoms with E-state index >= 15 is 0 Å². The van der Waals surface area contributed by atoms with Crippen molar-refractivity contribution < 1.29 is 19.1 Å².